The van der Waals surface area contributed by atoms with Crippen LogP contribution in [0.5, 0.6) is 0 Å². The third-order valence-electron chi connectivity index (χ3n) is 6.59. The minimum atomic E-state index is -0.640. The Kier molecular flexibility index (Phi) is 7.15. The molecule has 0 bridgehead atoms. The fraction of sp³-hybridized carbons (Fsp3) is 0.269. The maximum atomic E-state index is 14.3. The lowest BCUT2D eigenvalue weighted by Gasteiger charge is -2.15. The maximum Gasteiger partial charge on any atom is 0.200 e. The molecule has 7 nitrogen and oxygen atoms in total. The zero-order valence-corrected chi connectivity index (χ0v) is 20.1. The second-order valence-corrected chi connectivity index (χ2v) is 9.34. The number of anilines is 1. The average molecular weight is 511 g/mol. The lowest BCUT2D eigenvalue weighted by molar-refractivity contribution is 0.104. The summed E-state index contributed by atoms with van der Waals surface area (Å²) in [6, 6.07) is 11.0. The van der Waals surface area contributed by atoms with Crippen molar-refractivity contribution in [2.45, 2.75) is 31.8 Å². The molecule has 0 saturated heterocycles. The van der Waals surface area contributed by atoms with Gasteiger partial charge in [0.05, 0.1) is 18.7 Å². The van der Waals surface area contributed by atoms with Crippen molar-refractivity contribution < 1.29 is 22.0 Å². The molecule has 1 aliphatic rings. The molecule has 0 unspecified atom stereocenters. The molecule has 2 atom stereocenters. The Morgan fingerprint density at radius 1 is 1.17 bits per heavy atom. The number of benzene rings is 2. The summed E-state index contributed by atoms with van der Waals surface area (Å²) in [5.74, 6) is -0.797. The SMILES string of the molecule is O=[SH]OC[C@@H]1CC[C@H](Nc2ncncc2C(=O)c2cn(Cc3ccc(F)cc3F)c3ccccc23)C1. The van der Waals surface area contributed by atoms with Gasteiger partial charge in [-0.25, -0.2) is 23.0 Å². The molecule has 5 rings (SSSR count). The van der Waals surface area contributed by atoms with Crippen LogP contribution < -0.4 is 5.32 Å². The van der Waals surface area contributed by atoms with E-state index in [1.165, 1.54) is 24.7 Å². The lowest BCUT2D eigenvalue weighted by atomic mass is 10.0. The summed E-state index contributed by atoms with van der Waals surface area (Å²) in [6.45, 7) is 0.567. The predicted molar refractivity (Wildman–Crippen MR) is 133 cm³/mol. The maximum absolute atomic E-state index is 14.3. The normalized spacial score (nSPS) is 17.5. The van der Waals surface area contributed by atoms with Gasteiger partial charge in [-0.15, -0.1) is 0 Å². The Bertz CT molecular complexity index is 1430. The molecule has 2 heterocycles. The Balaban J connectivity index is 1.43. The second-order valence-electron chi connectivity index (χ2n) is 8.93. The van der Waals surface area contributed by atoms with Crippen molar-refractivity contribution >= 4 is 34.5 Å². The number of carbonyl (C=O) groups is 1. The van der Waals surface area contributed by atoms with Gasteiger partial charge >= 0.3 is 0 Å². The summed E-state index contributed by atoms with van der Waals surface area (Å²) in [5.41, 5.74) is 1.86. The third kappa shape index (κ3) is 5.05. The van der Waals surface area contributed by atoms with Gasteiger partial charge in [-0.2, -0.15) is 0 Å². The third-order valence-corrected chi connectivity index (χ3v) is 6.85. The van der Waals surface area contributed by atoms with Gasteiger partial charge in [0.2, 0.25) is 0 Å². The van der Waals surface area contributed by atoms with Crippen molar-refractivity contribution in [2.75, 3.05) is 11.9 Å². The van der Waals surface area contributed by atoms with Crippen LogP contribution in [0.4, 0.5) is 14.6 Å². The zero-order valence-electron chi connectivity index (χ0n) is 19.2. The van der Waals surface area contributed by atoms with Crippen molar-refractivity contribution in [3.8, 4) is 0 Å². The molecule has 0 aliphatic heterocycles. The van der Waals surface area contributed by atoms with Gasteiger partial charge in [0, 0.05) is 46.5 Å². The molecular formula is C26H24F2N4O3S. The molecule has 0 amide bonds. The number of carbonyl (C=O) groups excluding carboxylic acids is 1. The molecule has 10 heteroatoms. The van der Waals surface area contributed by atoms with E-state index in [1.54, 1.807) is 10.8 Å². The van der Waals surface area contributed by atoms with Crippen molar-refractivity contribution in [1.82, 2.24) is 14.5 Å². The van der Waals surface area contributed by atoms with E-state index in [0.717, 1.165) is 36.2 Å². The van der Waals surface area contributed by atoms with E-state index in [4.69, 9.17) is 4.18 Å². The summed E-state index contributed by atoms with van der Waals surface area (Å²) >= 11 is -0.318. The molecule has 1 saturated carbocycles. The highest BCUT2D eigenvalue weighted by molar-refractivity contribution is 7.60. The van der Waals surface area contributed by atoms with Crippen LogP contribution in [-0.2, 0) is 22.7 Å². The molecule has 2 aromatic heterocycles. The van der Waals surface area contributed by atoms with E-state index in [9.17, 15) is 17.8 Å². The van der Waals surface area contributed by atoms with E-state index in [1.807, 2.05) is 24.3 Å². The number of aromatic nitrogens is 3. The predicted octanol–water partition coefficient (Wildman–Crippen LogP) is 4.45. The zero-order chi connectivity index (χ0) is 25.1. The second kappa shape index (κ2) is 10.6. The van der Waals surface area contributed by atoms with E-state index in [-0.39, 0.29) is 36.2 Å². The van der Waals surface area contributed by atoms with Gasteiger partial charge in [0.15, 0.2) is 5.78 Å². The summed E-state index contributed by atoms with van der Waals surface area (Å²) in [4.78, 5) is 22.1. The van der Waals surface area contributed by atoms with Crippen molar-refractivity contribution in [3.63, 3.8) is 0 Å². The van der Waals surface area contributed by atoms with E-state index in [2.05, 4.69) is 15.3 Å². The van der Waals surface area contributed by atoms with Crippen molar-refractivity contribution in [2.24, 2.45) is 5.92 Å². The highest BCUT2D eigenvalue weighted by Crippen LogP contribution is 2.31. The highest BCUT2D eigenvalue weighted by Gasteiger charge is 2.27. The van der Waals surface area contributed by atoms with Crippen LogP contribution in [0.25, 0.3) is 10.9 Å². The molecular weight excluding hydrogens is 486 g/mol. The van der Waals surface area contributed by atoms with E-state index >= 15 is 0 Å². The summed E-state index contributed by atoms with van der Waals surface area (Å²) < 4.78 is 45.1. The first-order valence-corrected chi connectivity index (χ1v) is 12.3. The molecule has 36 heavy (non-hydrogen) atoms. The fourth-order valence-corrected chi connectivity index (χ4v) is 5.11. The van der Waals surface area contributed by atoms with Crippen LogP contribution in [0, 0.1) is 17.6 Å². The lowest BCUT2D eigenvalue weighted by Crippen LogP contribution is -2.20. The van der Waals surface area contributed by atoms with Crippen molar-refractivity contribution in [1.29, 1.82) is 0 Å². The Morgan fingerprint density at radius 3 is 2.86 bits per heavy atom. The smallest absolute Gasteiger partial charge is 0.200 e. The Hall–Kier alpha value is -3.50. The Morgan fingerprint density at radius 2 is 2.03 bits per heavy atom. The van der Waals surface area contributed by atoms with Gasteiger partial charge in [-0.1, -0.05) is 24.3 Å². The van der Waals surface area contributed by atoms with E-state index in [0.29, 0.717) is 29.1 Å². The van der Waals surface area contributed by atoms with Crippen LogP contribution in [0.2, 0.25) is 0 Å². The number of thiol groups is 1. The van der Waals surface area contributed by atoms with Gasteiger partial charge < -0.3 is 9.88 Å². The number of para-hydroxylation sites is 1. The molecule has 4 aromatic rings. The molecule has 0 spiro atoms. The number of rotatable bonds is 9. The fourth-order valence-electron chi connectivity index (χ4n) is 4.83. The first-order chi connectivity index (χ1) is 17.5. The molecule has 1 N–H and O–H groups in total. The van der Waals surface area contributed by atoms with Gasteiger partial charge in [0.25, 0.3) is 0 Å². The molecule has 1 fully saturated rings. The molecule has 2 aromatic carbocycles. The number of fused-ring (bicyclic) bond motifs is 1. The number of ketones is 1. The van der Waals surface area contributed by atoms with Crippen LogP contribution in [0.15, 0.2) is 61.2 Å². The summed E-state index contributed by atoms with van der Waals surface area (Å²) in [6.07, 6.45) is 7.20. The minimum Gasteiger partial charge on any atom is -0.367 e. The number of nitrogens with zero attached hydrogens (tertiary/aromatic N) is 3. The monoisotopic (exact) mass is 510 g/mol. The van der Waals surface area contributed by atoms with Crippen LogP contribution in [0.1, 0.15) is 40.7 Å². The van der Waals surface area contributed by atoms with Crippen LogP contribution in [0.3, 0.4) is 0 Å². The number of hydrogen-bond acceptors (Lipinski definition) is 6. The quantitative estimate of drug-likeness (QED) is 0.256. The largest absolute Gasteiger partial charge is 0.367 e. The number of nitrogens with one attached hydrogen (secondary N) is 1. The standard InChI is InChI=1S/C26H24F2N4O3S/c27-18-7-6-17(23(28)10-18)12-32-13-22(20-3-1-2-4-24(20)32)25(33)21-11-29-15-30-26(21)31-19-8-5-16(9-19)14-35-36-34/h1-4,6-7,10-11,13,15-16,19,36H,5,8-9,12,14H2,(H,29,30,31)/t16-,19+/m1/s1. The first-order valence-electron chi connectivity index (χ1n) is 11.6. The highest BCUT2D eigenvalue weighted by atomic mass is 32.2. The van der Waals surface area contributed by atoms with Crippen LogP contribution in [-0.4, -0.2) is 37.2 Å². The molecule has 186 valence electrons. The van der Waals surface area contributed by atoms with Gasteiger partial charge in [0.1, 0.15) is 35.7 Å². The van der Waals surface area contributed by atoms with Gasteiger partial charge in [-0.3, -0.25) is 8.98 Å². The van der Waals surface area contributed by atoms with E-state index < -0.39 is 11.6 Å². The number of hydrogen-bond donors (Lipinski definition) is 2. The minimum absolute atomic E-state index is 0.103. The molecule has 0 radical (unpaired) electrons. The van der Waals surface area contributed by atoms with Crippen LogP contribution >= 0.6 is 0 Å². The summed E-state index contributed by atoms with van der Waals surface area (Å²) in [5, 5.41) is 4.09. The van der Waals surface area contributed by atoms with Crippen molar-refractivity contribution in [3.05, 3.63) is 89.5 Å². The topological polar surface area (TPSA) is 86.1 Å². The average Bonchev–Trinajstić information content (AvgIpc) is 3.49. The first kappa shape index (κ1) is 24.2. The van der Waals surface area contributed by atoms with Gasteiger partial charge in [-0.05, 0) is 37.3 Å². The summed E-state index contributed by atoms with van der Waals surface area (Å²) in [7, 11) is 0. The Labute approximate surface area is 210 Å². The number of halogens is 2. The molecule has 1 aliphatic carbocycles.